The minimum absolute atomic E-state index is 0.00791. The molecule has 0 saturated carbocycles. The van der Waals surface area contributed by atoms with Gasteiger partial charge in [-0.1, -0.05) is 0 Å². The van der Waals surface area contributed by atoms with Gasteiger partial charge in [-0.25, -0.2) is 9.18 Å². The van der Waals surface area contributed by atoms with E-state index in [0.717, 1.165) is 5.76 Å². The zero-order valence-corrected chi connectivity index (χ0v) is 15.6. The summed E-state index contributed by atoms with van der Waals surface area (Å²) >= 11 is 0. The van der Waals surface area contributed by atoms with Gasteiger partial charge in [-0.15, -0.1) is 0 Å². The molecule has 0 bridgehead atoms. The third kappa shape index (κ3) is 4.87. The summed E-state index contributed by atoms with van der Waals surface area (Å²) in [6.45, 7) is 5.00. The third-order valence-electron chi connectivity index (χ3n) is 4.83. The maximum absolute atomic E-state index is 13.1. The fourth-order valence-electron chi connectivity index (χ4n) is 3.33. The minimum Gasteiger partial charge on any atom is -0.464 e. The van der Waals surface area contributed by atoms with Gasteiger partial charge in [-0.3, -0.25) is 4.79 Å². The Bertz CT molecular complexity index is 795. The summed E-state index contributed by atoms with van der Waals surface area (Å²) < 4.78 is 18.7. The van der Waals surface area contributed by atoms with Crippen LogP contribution in [0.25, 0.3) is 0 Å². The second-order valence-corrected chi connectivity index (χ2v) is 6.81. The molecular formula is C20H24FN3O3. The van der Waals surface area contributed by atoms with Gasteiger partial charge in [0.05, 0.1) is 6.54 Å². The lowest BCUT2D eigenvalue weighted by Gasteiger charge is -2.38. The molecule has 0 atom stereocenters. The molecule has 27 heavy (non-hydrogen) atoms. The smallest absolute Gasteiger partial charge is 0.322 e. The number of hydrogen-bond acceptors (Lipinski definition) is 3. The molecule has 3 amide bonds. The predicted octanol–water partition coefficient (Wildman–Crippen LogP) is 3.77. The van der Waals surface area contributed by atoms with Gasteiger partial charge in [0.2, 0.25) is 5.91 Å². The summed E-state index contributed by atoms with van der Waals surface area (Å²) in [7, 11) is 0. The highest BCUT2D eigenvalue weighted by Crippen LogP contribution is 2.22. The van der Waals surface area contributed by atoms with Crippen LogP contribution in [0.1, 0.15) is 31.3 Å². The number of amides is 3. The Morgan fingerprint density at radius 1 is 1.19 bits per heavy atom. The lowest BCUT2D eigenvalue weighted by molar-refractivity contribution is -0.130. The standard InChI is InChI=1S/C20H24FN3O3/c1-14-3-8-19(27-14)13-24(18-9-11-23(12-10-18)15(2)25)20(26)22-17-6-4-16(21)5-7-17/h3-8,18H,9-13H2,1-2H3,(H,22,26). The Balaban J connectivity index is 1.73. The number of nitrogens with one attached hydrogen (secondary N) is 1. The van der Waals surface area contributed by atoms with Crippen molar-refractivity contribution < 1.29 is 18.4 Å². The maximum atomic E-state index is 13.1. The van der Waals surface area contributed by atoms with Crippen molar-refractivity contribution in [2.45, 2.75) is 39.3 Å². The highest BCUT2D eigenvalue weighted by molar-refractivity contribution is 5.89. The number of hydrogen-bond donors (Lipinski definition) is 1. The van der Waals surface area contributed by atoms with Crippen LogP contribution < -0.4 is 5.32 Å². The molecule has 1 aromatic carbocycles. The Morgan fingerprint density at radius 2 is 1.85 bits per heavy atom. The van der Waals surface area contributed by atoms with Crippen molar-refractivity contribution in [2.24, 2.45) is 0 Å². The second-order valence-electron chi connectivity index (χ2n) is 6.81. The summed E-state index contributed by atoms with van der Waals surface area (Å²) in [6, 6.07) is 9.12. The molecule has 0 aliphatic carbocycles. The first-order valence-electron chi connectivity index (χ1n) is 9.06. The summed E-state index contributed by atoms with van der Waals surface area (Å²) in [4.78, 5) is 28.0. The molecule has 0 radical (unpaired) electrons. The first-order chi connectivity index (χ1) is 12.9. The van der Waals surface area contributed by atoms with E-state index >= 15 is 0 Å². The van der Waals surface area contributed by atoms with E-state index in [2.05, 4.69) is 5.32 Å². The van der Waals surface area contributed by atoms with Crippen LogP contribution in [0.5, 0.6) is 0 Å². The lowest BCUT2D eigenvalue weighted by atomic mass is 10.0. The average molecular weight is 373 g/mol. The number of carbonyl (C=O) groups excluding carboxylic acids is 2. The highest BCUT2D eigenvalue weighted by atomic mass is 19.1. The SMILES string of the molecule is CC(=O)N1CCC(N(Cc2ccc(C)o2)C(=O)Nc2ccc(F)cc2)CC1. The van der Waals surface area contributed by atoms with Crippen molar-refractivity contribution in [2.75, 3.05) is 18.4 Å². The van der Waals surface area contributed by atoms with Crippen LogP contribution in [0.3, 0.4) is 0 Å². The van der Waals surface area contributed by atoms with E-state index in [0.29, 0.717) is 43.9 Å². The van der Waals surface area contributed by atoms with Crippen LogP contribution >= 0.6 is 0 Å². The van der Waals surface area contributed by atoms with Gasteiger partial charge in [-0.2, -0.15) is 0 Å². The fourth-order valence-corrected chi connectivity index (χ4v) is 3.33. The number of nitrogens with zero attached hydrogens (tertiary/aromatic N) is 2. The third-order valence-corrected chi connectivity index (χ3v) is 4.83. The number of furan rings is 1. The van der Waals surface area contributed by atoms with Crippen molar-refractivity contribution in [3.63, 3.8) is 0 Å². The van der Waals surface area contributed by atoms with Gasteiger partial charge in [0.1, 0.15) is 17.3 Å². The largest absolute Gasteiger partial charge is 0.464 e. The maximum Gasteiger partial charge on any atom is 0.322 e. The van der Waals surface area contributed by atoms with Crippen molar-refractivity contribution in [3.05, 3.63) is 53.7 Å². The number of aryl methyl sites for hydroxylation is 1. The fraction of sp³-hybridized carbons (Fsp3) is 0.400. The van der Waals surface area contributed by atoms with Crippen LogP contribution in [-0.2, 0) is 11.3 Å². The number of benzene rings is 1. The molecule has 0 spiro atoms. The van der Waals surface area contributed by atoms with Gasteiger partial charge in [0, 0.05) is 31.7 Å². The molecule has 2 heterocycles. The molecule has 6 nitrogen and oxygen atoms in total. The molecule has 2 aromatic rings. The second kappa shape index (κ2) is 8.24. The van der Waals surface area contributed by atoms with Gasteiger partial charge < -0.3 is 19.5 Å². The van der Waals surface area contributed by atoms with Gasteiger partial charge in [-0.05, 0) is 56.2 Å². The topological polar surface area (TPSA) is 65.8 Å². The normalized spacial score (nSPS) is 14.9. The number of carbonyl (C=O) groups is 2. The minimum atomic E-state index is -0.354. The van der Waals surface area contributed by atoms with Gasteiger partial charge >= 0.3 is 6.03 Å². The monoisotopic (exact) mass is 373 g/mol. The Kier molecular flexibility index (Phi) is 5.78. The quantitative estimate of drug-likeness (QED) is 0.887. The molecule has 0 unspecified atom stereocenters. The van der Waals surface area contributed by atoms with E-state index in [1.807, 2.05) is 19.1 Å². The molecule has 1 saturated heterocycles. The molecule has 1 fully saturated rings. The van der Waals surface area contributed by atoms with E-state index in [-0.39, 0.29) is 23.8 Å². The molecule has 1 aliphatic rings. The Labute approximate surface area is 157 Å². The van der Waals surface area contributed by atoms with Crippen molar-refractivity contribution in [1.82, 2.24) is 9.80 Å². The summed E-state index contributed by atoms with van der Waals surface area (Å²) in [5.41, 5.74) is 0.531. The average Bonchev–Trinajstić information content (AvgIpc) is 3.06. The number of rotatable bonds is 4. The van der Waals surface area contributed by atoms with E-state index in [4.69, 9.17) is 4.42 Å². The molecule has 1 aliphatic heterocycles. The van der Waals surface area contributed by atoms with E-state index in [1.54, 1.807) is 16.7 Å². The molecule has 1 aromatic heterocycles. The highest BCUT2D eigenvalue weighted by Gasteiger charge is 2.29. The van der Waals surface area contributed by atoms with E-state index in [9.17, 15) is 14.0 Å². The number of likely N-dealkylation sites (tertiary alicyclic amines) is 1. The van der Waals surface area contributed by atoms with Crippen LogP contribution in [0.15, 0.2) is 40.8 Å². The van der Waals surface area contributed by atoms with Crippen LogP contribution in [0.4, 0.5) is 14.9 Å². The van der Waals surface area contributed by atoms with E-state index < -0.39 is 0 Å². The number of anilines is 1. The summed E-state index contributed by atoms with van der Waals surface area (Å²) in [5, 5.41) is 2.83. The van der Waals surface area contributed by atoms with E-state index in [1.165, 1.54) is 24.3 Å². The first kappa shape index (κ1) is 18.9. The summed E-state index contributed by atoms with van der Waals surface area (Å²) in [6.07, 6.45) is 1.41. The van der Waals surface area contributed by atoms with Crippen molar-refractivity contribution in [3.8, 4) is 0 Å². The number of piperidine rings is 1. The van der Waals surface area contributed by atoms with Crippen LogP contribution in [0, 0.1) is 12.7 Å². The lowest BCUT2D eigenvalue weighted by Crippen LogP contribution is -2.49. The van der Waals surface area contributed by atoms with Crippen LogP contribution in [-0.4, -0.2) is 40.9 Å². The molecular weight excluding hydrogens is 349 g/mol. The first-order valence-corrected chi connectivity index (χ1v) is 9.06. The number of halogens is 1. The zero-order valence-electron chi connectivity index (χ0n) is 15.6. The zero-order chi connectivity index (χ0) is 19.4. The van der Waals surface area contributed by atoms with Crippen molar-refractivity contribution in [1.29, 1.82) is 0 Å². The molecule has 1 N–H and O–H groups in total. The van der Waals surface area contributed by atoms with Gasteiger partial charge in [0.15, 0.2) is 0 Å². The molecule has 144 valence electrons. The van der Waals surface area contributed by atoms with Crippen molar-refractivity contribution >= 4 is 17.6 Å². The summed E-state index contributed by atoms with van der Waals surface area (Å²) in [5.74, 6) is 1.19. The van der Waals surface area contributed by atoms with Gasteiger partial charge in [0.25, 0.3) is 0 Å². The van der Waals surface area contributed by atoms with Crippen LogP contribution in [0.2, 0.25) is 0 Å². The Hall–Kier alpha value is -2.83. The number of urea groups is 1. The molecule has 3 rings (SSSR count). The predicted molar refractivity (Wildman–Crippen MR) is 99.7 cm³/mol. The molecule has 7 heteroatoms. The Morgan fingerprint density at radius 3 is 2.41 bits per heavy atom.